The topological polar surface area (TPSA) is 56.9 Å². The number of aliphatic carboxylic acids is 1. The van der Waals surface area contributed by atoms with Crippen LogP contribution in [0.5, 0.6) is 0 Å². The minimum atomic E-state index is -0.674. The van der Waals surface area contributed by atoms with Gasteiger partial charge in [0.1, 0.15) is 5.76 Å². The van der Waals surface area contributed by atoms with Crippen molar-refractivity contribution in [3.8, 4) is 0 Å². The molecule has 1 saturated heterocycles. The molecule has 1 aromatic heterocycles. The van der Waals surface area contributed by atoms with Crippen LogP contribution in [-0.4, -0.2) is 53.1 Å². The first kappa shape index (κ1) is 15.6. The molecule has 1 saturated carbocycles. The minimum Gasteiger partial charge on any atom is -0.481 e. The number of carbonyl (C=O) groups is 1. The van der Waals surface area contributed by atoms with Gasteiger partial charge in [0.25, 0.3) is 0 Å². The van der Waals surface area contributed by atoms with E-state index in [1.165, 1.54) is 32.1 Å². The first-order valence-corrected chi connectivity index (χ1v) is 8.44. The van der Waals surface area contributed by atoms with Crippen LogP contribution in [0.4, 0.5) is 0 Å². The van der Waals surface area contributed by atoms with Crippen LogP contribution in [-0.2, 0) is 11.3 Å². The third kappa shape index (κ3) is 3.90. The highest BCUT2D eigenvalue weighted by Gasteiger charge is 2.31. The highest BCUT2D eigenvalue weighted by Crippen LogP contribution is 2.25. The molecule has 2 aliphatic rings. The van der Waals surface area contributed by atoms with E-state index in [9.17, 15) is 9.90 Å². The van der Waals surface area contributed by atoms with Crippen LogP contribution in [0.25, 0.3) is 0 Å². The summed E-state index contributed by atoms with van der Waals surface area (Å²) in [6, 6.07) is 4.43. The average molecular weight is 306 g/mol. The van der Waals surface area contributed by atoms with E-state index in [4.69, 9.17) is 4.42 Å². The molecule has 2 fully saturated rings. The summed E-state index contributed by atoms with van der Waals surface area (Å²) < 4.78 is 5.41. The van der Waals surface area contributed by atoms with Gasteiger partial charge < -0.3 is 9.52 Å². The minimum absolute atomic E-state index is 0.306. The maximum absolute atomic E-state index is 11.6. The predicted octanol–water partition coefficient (Wildman–Crippen LogP) is 2.43. The quantitative estimate of drug-likeness (QED) is 0.926. The molecule has 1 aliphatic heterocycles. The normalized spacial score (nSPS) is 25.9. The van der Waals surface area contributed by atoms with Gasteiger partial charge in [-0.1, -0.05) is 19.3 Å². The third-order valence-electron chi connectivity index (χ3n) is 5.04. The van der Waals surface area contributed by atoms with Crippen molar-refractivity contribution in [2.75, 3.05) is 26.2 Å². The smallest absolute Gasteiger partial charge is 0.309 e. The van der Waals surface area contributed by atoms with E-state index in [2.05, 4.69) is 9.80 Å². The van der Waals surface area contributed by atoms with Gasteiger partial charge in [-0.3, -0.25) is 14.6 Å². The van der Waals surface area contributed by atoms with Gasteiger partial charge in [-0.25, -0.2) is 0 Å². The summed E-state index contributed by atoms with van der Waals surface area (Å²) in [5.41, 5.74) is 0. The van der Waals surface area contributed by atoms with Gasteiger partial charge in [0, 0.05) is 32.2 Å². The van der Waals surface area contributed by atoms with Crippen LogP contribution in [0.1, 0.15) is 37.9 Å². The lowest BCUT2D eigenvalue weighted by Gasteiger charge is -2.34. The highest BCUT2D eigenvalue weighted by molar-refractivity contribution is 5.70. The maximum Gasteiger partial charge on any atom is 0.309 e. The Bertz CT molecular complexity index is 468. The molecular weight excluding hydrogens is 280 g/mol. The third-order valence-corrected chi connectivity index (χ3v) is 5.04. The average Bonchev–Trinajstić information content (AvgIpc) is 2.93. The van der Waals surface area contributed by atoms with Crippen LogP contribution in [0.3, 0.4) is 0 Å². The van der Waals surface area contributed by atoms with E-state index >= 15 is 0 Å². The summed E-state index contributed by atoms with van der Waals surface area (Å²) in [6.45, 7) is 3.89. The van der Waals surface area contributed by atoms with Crippen molar-refractivity contribution in [2.24, 2.45) is 5.92 Å². The van der Waals surface area contributed by atoms with Gasteiger partial charge in [-0.2, -0.15) is 0 Å². The van der Waals surface area contributed by atoms with Crippen molar-refractivity contribution < 1.29 is 14.3 Å². The number of carboxylic acids is 1. The van der Waals surface area contributed by atoms with Crippen molar-refractivity contribution in [2.45, 2.75) is 44.7 Å². The monoisotopic (exact) mass is 306 g/mol. The van der Waals surface area contributed by atoms with Gasteiger partial charge in [-0.05, 0) is 25.0 Å². The van der Waals surface area contributed by atoms with E-state index in [1.54, 1.807) is 6.26 Å². The molecule has 1 N–H and O–H groups in total. The van der Waals surface area contributed by atoms with Crippen LogP contribution in [0.2, 0.25) is 0 Å². The first-order valence-electron chi connectivity index (χ1n) is 8.44. The molecule has 0 aromatic carbocycles. The number of carboxylic acid groups (broad SMARTS) is 1. The Morgan fingerprint density at radius 2 is 2.05 bits per heavy atom. The number of hydrogen-bond acceptors (Lipinski definition) is 4. The predicted molar refractivity (Wildman–Crippen MR) is 83.6 cm³/mol. The second-order valence-electron chi connectivity index (χ2n) is 6.64. The summed E-state index contributed by atoms with van der Waals surface area (Å²) in [4.78, 5) is 16.3. The Morgan fingerprint density at radius 1 is 1.23 bits per heavy atom. The molecule has 22 heavy (non-hydrogen) atoms. The summed E-state index contributed by atoms with van der Waals surface area (Å²) in [5.74, 6) is -0.0678. The lowest BCUT2D eigenvalue weighted by molar-refractivity contribution is -0.142. The maximum atomic E-state index is 11.6. The van der Waals surface area contributed by atoms with Gasteiger partial charge in [0.2, 0.25) is 0 Å². The fourth-order valence-electron chi connectivity index (χ4n) is 3.81. The molecule has 5 heteroatoms. The van der Waals surface area contributed by atoms with Crippen LogP contribution in [0.15, 0.2) is 22.8 Å². The fourth-order valence-corrected chi connectivity index (χ4v) is 3.81. The zero-order valence-corrected chi connectivity index (χ0v) is 13.1. The summed E-state index contributed by atoms with van der Waals surface area (Å²) in [6.07, 6.45) is 8.03. The molecule has 1 aliphatic carbocycles. The standard InChI is InChI=1S/C17H26N2O3/c20-17(21)14-11-18(13-16-7-4-10-22-16)8-9-19(12-14)15-5-2-1-3-6-15/h4,7,10,14-15H,1-3,5-6,8-9,11-13H2,(H,20,21)/t14-/m0/s1. The Kier molecular flexibility index (Phi) is 5.16. The molecular formula is C17H26N2O3. The van der Waals surface area contributed by atoms with Gasteiger partial charge in [0.15, 0.2) is 0 Å². The molecule has 0 spiro atoms. The van der Waals surface area contributed by atoms with E-state index < -0.39 is 5.97 Å². The van der Waals surface area contributed by atoms with Gasteiger partial charge in [0.05, 0.1) is 18.7 Å². The Morgan fingerprint density at radius 3 is 2.73 bits per heavy atom. The molecule has 1 atom stereocenters. The fraction of sp³-hybridized carbons (Fsp3) is 0.706. The number of hydrogen-bond donors (Lipinski definition) is 1. The van der Waals surface area contributed by atoms with Crippen molar-refractivity contribution in [1.82, 2.24) is 9.80 Å². The Balaban J connectivity index is 1.65. The van der Waals surface area contributed by atoms with E-state index in [1.807, 2.05) is 12.1 Å². The lowest BCUT2D eigenvalue weighted by Crippen LogP contribution is -2.41. The molecule has 1 aromatic rings. The van der Waals surface area contributed by atoms with Crippen molar-refractivity contribution in [3.63, 3.8) is 0 Å². The molecule has 5 nitrogen and oxygen atoms in total. The molecule has 0 unspecified atom stereocenters. The van der Waals surface area contributed by atoms with Crippen molar-refractivity contribution in [3.05, 3.63) is 24.2 Å². The largest absolute Gasteiger partial charge is 0.481 e. The van der Waals surface area contributed by atoms with E-state index in [0.29, 0.717) is 25.7 Å². The second-order valence-corrected chi connectivity index (χ2v) is 6.64. The van der Waals surface area contributed by atoms with E-state index in [0.717, 1.165) is 18.8 Å². The first-order chi connectivity index (χ1) is 10.7. The summed E-state index contributed by atoms with van der Waals surface area (Å²) in [7, 11) is 0. The Labute approximate surface area is 131 Å². The van der Waals surface area contributed by atoms with Crippen molar-refractivity contribution >= 4 is 5.97 Å². The molecule has 122 valence electrons. The number of furan rings is 1. The SMILES string of the molecule is O=C(O)[C@H]1CN(Cc2ccco2)CCN(C2CCCCC2)C1. The molecule has 3 rings (SSSR count). The lowest BCUT2D eigenvalue weighted by atomic mass is 9.93. The molecule has 2 heterocycles. The summed E-state index contributed by atoms with van der Waals surface area (Å²) in [5, 5.41) is 9.55. The van der Waals surface area contributed by atoms with Crippen LogP contribution >= 0.6 is 0 Å². The zero-order valence-electron chi connectivity index (χ0n) is 13.1. The number of nitrogens with zero attached hydrogens (tertiary/aromatic N) is 2. The van der Waals surface area contributed by atoms with Gasteiger partial charge >= 0.3 is 5.97 Å². The summed E-state index contributed by atoms with van der Waals surface area (Å²) >= 11 is 0. The van der Waals surface area contributed by atoms with Crippen molar-refractivity contribution in [1.29, 1.82) is 0 Å². The Hall–Kier alpha value is -1.33. The zero-order chi connectivity index (χ0) is 15.4. The van der Waals surface area contributed by atoms with E-state index in [-0.39, 0.29) is 5.92 Å². The van der Waals surface area contributed by atoms with Gasteiger partial charge in [-0.15, -0.1) is 0 Å². The molecule has 0 radical (unpaired) electrons. The van der Waals surface area contributed by atoms with Crippen LogP contribution < -0.4 is 0 Å². The molecule has 0 amide bonds. The highest BCUT2D eigenvalue weighted by atomic mass is 16.4. The number of rotatable bonds is 4. The second kappa shape index (κ2) is 7.29. The van der Waals surface area contributed by atoms with Crippen LogP contribution in [0, 0.1) is 5.92 Å². The molecule has 0 bridgehead atoms.